The average molecular weight is 495 g/mol. The van der Waals surface area contributed by atoms with Crippen LogP contribution in [0, 0.1) is 0 Å². The Morgan fingerprint density at radius 2 is 1.65 bits per heavy atom. The summed E-state index contributed by atoms with van der Waals surface area (Å²) in [4.78, 5) is 27.8. The predicted octanol–water partition coefficient (Wildman–Crippen LogP) is 5.93. The molecule has 0 atom stereocenters. The molecule has 0 unspecified atom stereocenters. The van der Waals surface area contributed by atoms with Crippen LogP contribution >= 0.6 is 0 Å². The summed E-state index contributed by atoms with van der Waals surface area (Å²) in [6.07, 6.45) is 0. The fourth-order valence-corrected chi connectivity index (χ4v) is 3.91. The number of carbonyl (C=O) groups is 1. The first-order valence-electron chi connectivity index (χ1n) is 11.9. The number of nitrogens with one attached hydrogen (secondary N) is 1. The number of likely N-dealkylation sites (N-methyl/N-ethyl adjacent to an activating group) is 1. The third-order valence-corrected chi connectivity index (χ3v) is 5.79. The third kappa shape index (κ3) is 5.47. The van der Waals surface area contributed by atoms with Gasteiger partial charge in [0.15, 0.2) is 11.3 Å². The highest BCUT2D eigenvalue weighted by Crippen LogP contribution is 2.30. The molecule has 0 saturated heterocycles. The van der Waals surface area contributed by atoms with Crippen molar-refractivity contribution in [1.82, 2.24) is 4.90 Å². The number of ether oxygens (including phenoxy) is 2. The lowest BCUT2D eigenvalue weighted by Crippen LogP contribution is -2.19. The topological polar surface area (TPSA) is 81.0 Å². The van der Waals surface area contributed by atoms with E-state index in [1.165, 1.54) is 0 Å². The van der Waals surface area contributed by atoms with E-state index in [9.17, 15) is 9.59 Å². The quantitative estimate of drug-likeness (QED) is 0.269. The predicted molar refractivity (Wildman–Crippen MR) is 145 cm³/mol. The van der Waals surface area contributed by atoms with Crippen molar-refractivity contribution in [3.05, 3.63) is 107 Å². The van der Waals surface area contributed by atoms with Gasteiger partial charge in [-0.15, -0.1) is 0 Å². The molecule has 0 bridgehead atoms. The molecular formula is C30H26N2O5. The largest absolute Gasteiger partial charge is 0.488 e. The number of anilines is 1. The number of hydrogen-bond acceptors (Lipinski definition) is 6. The van der Waals surface area contributed by atoms with Crippen molar-refractivity contribution in [2.75, 3.05) is 32.6 Å². The van der Waals surface area contributed by atoms with E-state index in [0.29, 0.717) is 57.0 Å². The normalized spacial score (nSPS) is 11.1. The minimum atomic E-state index is -0.241. The minimum absolute atomic E-state index is 0.138. The molecule has 1 heterocycles. The third-order valence-electron chi connectivity index (χ3n) is 5.79. The summed E-state index contributed by atoms with van der Waals surface area (Å²) < 4.78 is 18.1. The van der Waals surface area contributed by atoms with Crippen LogP contribution in [0.2, 0.25) is 0 Å². The minimum Gasteiger partial charge on any atom is -0.488 e. The Balaban J connectivity index is 1.42. The van der Waals surface area contributed by atoms with Gasteiger partial charge in [0.1, 0.15) is 23.7 Å². The molecule has 0 aliphatic carbocycles. The smallest absolute Gasteiger partial charge is 0.255 e. The van der Waals surface area contributed by atoms with Crippen molar-refractivity contribution in [3.8, 4) is 17.2 Å². The lowest BCUT2D eigenvalue weighted by Gasteiger charge is -2.12. The molecule has 4 aromatic carbocycles. The number of benzene rings is 4. The zero-order chi connectivity index (χ0) is 25.8. The van der Waals surface area contributed by atoms with Gasteiger partial charge in [0.05, 0.1) is 10.8 Å². The van der Waals surface area contributed by atoms with Crippen molar-refractivity contribution in [3.63, 3.8) is 0 Å². The summed E-state index contributed by atoms with van der Waals surface area (Å²) in [6, 6.07) is 26.5. The van der Waals surface area contributed by atoms with Gasteiger partial charge < -0.3 is 24.1 Å². The van der Waals surface area contributed by atoms with Gasteiger partial charge in [0.2, 0.25) is 5.43 Å². The molecule has 5 rings (SSSR count). The van der Waals surface area contributed by atoms with Gasteiger partial charge in [-0.05, 0) is 68.7 Å². The summed E-state index contributed by atoms with van der Waals surface area (Å²) in [7, 11) is 3.93. The van der Waals surface area contributed by atoms with Crippen molar-refractivity contribution in [2.24, 2.45) is 0 Å². The molecule has 0 spiro atoms. The van der Waals surface area contributed by atoms with Crippen molar-refractivity contribution < 1.29 is 18.7 Å². The van der Waals surface area contributed by atoms with Gasteiger partial charge in [-0.1, -0.05) is 30.3 Å². The molecule has 0 aliphatic heterocycles. The van der Waals surface area contributed by atoms with E-state index in [1.54, 1.807) is 60.7 Å². The number of para-hydroxylation sites is 2. The zero-order valence-electron chi connectivity index (χ0n) is 20.6. The van der Waals surface area contributed by atoms with Crippen LogP contribution < -0.4 is 20.2 Å². The van der Waals surface area contributed by atoms with Crippen molar-refractivity contribution in [2.45, 2.75) is 0 Å². The Hall–Kier alpha value is -4.62. The van der Waals surface area contributed by atoms with Crippen molar-refractivity contribution >= 4 is 33.5 Å². The molecular weight excluding hydrogens is 468 g/mol. The van der Waals surface area contributed by atoms with Crippen LogP contribution in [-0.4, -0.2) is 38.1 Å². The number of hydrogen-bond donors (Lipinski definition) is 1. The lowest BCUT2D eigenvalue weighted by molar-refractivity contribution is 0.102. The molecule has 0 radical (unpaired) electrons. The zero-order valence-corrected chi connectivity index (χ0v) is 20.6. The number of amides is 1. The average Bonchev–Trinajstić information content (AvgIpc) is 2.90. The van der Waals surface area contributed by atoms with E-state index in [4.69, 9.17) is 13.9 Å². The molecule has 186 valence electrons. The Kier molecular flexibility index (Phi) is 6.87. The Bertz CT molecular complexity index is 1630. The van der Waals surface area contributed by atoms with E-state index in [2.05, 4.69) is 5.32 Å². The van der Waals surface area contributed by atoms with Crippen LogP contribution in [0.25, 0.3) is 21.9 Å². The Labute approximate surface area is 213 Å². The second kappa shape index (κ2) is 10.6. The van der Waals surface area contributed by atoms with Crippen LogP contribution in [-0.2, 0) is 0 Å². The monoisotopic (exact) mass is 494 g/mol. The molecule has 1 amide bonds. The van der Waals surface area contributed by atoms with E-state index < -0.39 is 0 Å². The van der Waals surface area contributed by atoms with E-state index >= 15 is 0 Å². The maximum atomic E-state index is 13.2. The summed E-state index contributed by atoms with van der Waals surface area (Å²) in [5, 5.41) is 3.77. The highest BCUT2D eigenvalue weighted by molar-refractivity contribution is 6.04. The van der Waals surface area contributed by atoms with Crippen LogP contribution in [0.3, 0.4) is 0 Å². The van der Waals surface area contributed by atoms with Crippen molar-refractivity contribution in [1.29, 1.82) is 0 Å². The van der Waals surface area contributed by atoms with Crippen LogP contribution in [0.5, 0.6) is 17.2 Å². The van der Waals surface area contributed by atoms with Gasteiger partial charge >= 0.3 is 0 Å². The highest BCUT2D eigenvalue weighted by Gasteiger charge is 2.14. The van der Waals surface area contributed by atoms with Crippen LogP contribution in [0.15, 0.2) is 100 Å². The van der Waals surface area contributed by atoms with Gasteiger partial charge in [-0.25, -0.2) is 0 Å². The highest BCUT2D eigenvalue weighted by atomic mass is 16.5. The maximum Gasteiger partial charge on any atom is 0.255 e. The first kappa shape index (κ1) is 24.1. The van der Waals surface area contributed by atoms with Crippen LogP contribution in [0.4, 0.5) is 5.69 Å². The SMILES string of the molecule is CN(C)CCOc1cccc2c(=O)c3ccc(Oc4cccc(C(=O)Nc5ccccc5)c4)cc3oc12. The Morgan fingerprint density at radius 1 is 0.865 bits per heavy atom. The van der Waals surface area contributed by atoms with Gasteiger partial charge in [-0.3, -0.25) is 9.59 Å². The lowest BCUT2D eigenvalue weighted by atomic mass is 10.1. The molecule has 37 heavy (non-hydrogen) atoms. The molecule has 5 aromatic rings. The van der Waals surface area contributed by atoms with Crippen LogP contribution in [0.1, 0.15) is 10.4 Å². The fourth-order valence-electron chi connectivity index (χ4n) is 3.91. The molecule has 7 nitrogen and oxygen atoms in total. The summed E-state index contributed by atoms with van der Waals surface area (Å²) in [6.45, 7) is 1.19. The molecule has 0 aliphatic rings. The Morgan fingerprint density at radius 3 is 2.46 bits per heavy atom. The number of fused-ring (bicyclic) bond motifs is 2. The first-order chi connectivity index (χ1) is 18.0. The molecule has 0 saturated carbocycles. The maximum absolute atomic E-state index is 13.2. The van der Waals surface area contributed by atoms with E-state index in [0.717, 1.165) is 6.54 Å². The van der Waals surface area contributed by atoms with Gasteiger partial charge in [0, 0.05) is 23.9 Å². The van der Waals surface area contributed by atoms with E-state index in [-0.39, 0.29) is 11.3 Å². The first-order valence-corrected chi connectivity index (χ1v) is 11.9. The second-order valence-corrected chi connectivity index (χ2v) is 8.82. The number of nitrogens with zero attached hydrogens (tertiary/aromatic N) is 1. The molecule has 7 heteroatoms. The van der Waals surface area contributed by atoms with Gasteiger partial charge in [0.25, 0.3) is 5.91 Å². The standard InChI is InChI=1S/C30H26N2O5/c1-32(2)16-17-35-26-13-7-12-25-28(33)24-15-14-23(19-27(24)37-29(25)26)36-22-11-6-8-20(18-22)30(34)31-21-9-4-3-5-10-21/h3-15,18-19H,16-17H2,1-2H3,(H,31,34). The number of rotatable bonds is 8. The summed E-state index contributed by atoms with van der Waals surface area (Å²) >= 11 is 0. The molecule has 1 aromatic heterocycles. The molecule has 0 fully saturated rings. The molecule has 1 N–H and O–H groups in total. The fraction of sp³-hybridized carbons (Fsp3) is 0.133. The second-order valence-electron chi connectivity index (χ2n) is 8.82. The summed E-state index contributed by atoms with van der Waals surface area (Å²) in [5.74, 6) is 1.23. The van der Waals surface area contributed by atoms with E-state index in [1.807, 2.05) is 49.3 Å². The summed E-state index contributed by atoms with van der Waals surface area (Å²) in [5.41, 5.74) is 1.81. The number of carbonyl (C=O) groups excluding carboxylic acids is 1. The van der Waals surface area contributed by atoms with Gasteiger partial charge in [-0.2, -0.15) is 0 Å².